The summed E-state index contributed by atoms with van der Waals surface area (Å²) in [5.41, 5.74) is 1.26. The molecule has 4 rings (SSSR count). The number of carbonyl (C=O) groups is 1. The van der Waals surface area contributed by atoms with Gasteiger partial charge in [-0.15, -0.1) is 11.3 Å². The quantitative estimate of drug-likeness (QED) is 0.657. The Morgan fingerprint density at radius 3 is 2.93 bits per heavy atom. The molecule has 0 spiro atoms. The summed E-state index contributed by atoms with van der Waals surface area (Å²) in [4.78, 5) is 32.3. The predicted molar refractivity (Wildman–Crippen MR) is 108 cm³/mol. The summed E-state index contributed by atoms with van der Waals surface area (Å²) in [5, 5.41) is 2.51. The first-order chi connectivity index (χ1) is 13.2. The van der Waals surface area contributed by atoms with E-state index >= 15 is 0 Å². The van der Waals surface area contributed by atoms with Crippen molar-refractivity contribution in [2.75, 3.05) is 6.54 Å². The van der Waals surface area contributed by atoms with Crippen LogP contribution in [0.4, 0.5) is 0 Å². The number of amides is 1. The van der Waals surface area contributed by atoms with Crippen molar-refractivity contribution in [2.45, 2.75) is 44.7 Å². The molecule has 0 N–H and O–H groups in total. The molecule has 1 saturated heterocycles. The summed E-state index contributed by atoms with van der Waals surface area (Å²) < 4.78 is 1.56. The van der Waals surface area contributed by atoms with E-state index in [1.807, 2.05) is 16.3 Å². The molecule has 0 radical (unpaired) electrons. The van der Waals surface area contributed by atoms with Gasteiger partial charge in [0.15, 0.2) is 0 Å². The zero-order chi connectivity index (χ0) is 18.6. The third-order valence-electron chi connectivity index (χ3n) is 5.32. The number of benzene rings is 1. The van der Waals surface area contributed by atoms with Crippen molar-refractivity contribution >= 4 is 27.5 Å². The smallest absolute Gasteiger partial charge is 0.262 e. The lowest BCUT2D eigenvalue weighted by molar-refractivity contribution is -0.132. The summed E-state index contributed by atoms with van der Waals surface area (Å²) in [5.74, 6) is 0.142. The van der Waals surface area contributed by atoms with Gasteiger partial charge in [0.05, 0.1) is 11.7 Å². The van der Waals surface area contributed by atoms with Crippen LogP contribution in [0.3, 0.4) is 0 Å². The van der Waals surface area contributed by atoms with E-state index in [9.17, 15) is 9.59 Å². The Morgan fingerprint density at radius 1 is 1.22 bits per heavy atom. The molecule has 0 aliphatic carbocycles. The molecule has 140 valence electrons. The van der Waals surface area contributed by atoms with Gasteiger partial charge in [-0.2, -0.15) is 0 Å². The molecule has 1 aliphatic heterocycles. The molecule has 27 heavy (non-hydrogen) atoms. The first-order valence-electron chi connectivity index (χ1n) is 9.48. The molecule has 2 aromatic heterocycles. The zero-order valence-corrected chi connectivity index (χ0v) is 16.0. The first-order valence-corrected chi connectivity index (χ1v) is 10.4. The van der Waals surface area contributed by atoms with Crippen LogP contribution in [-0.4, -0.2) is 32.9 Å². The number of fused-ring (bicyclic) bond motifs is 1. The maximum Gasteiger partial charge on any atom is 0.262 e. The van der Waals surface area contributed by atoms with E-state index in [4.69, 9.17) is 0 Å². The third kappa shape index (κ3) is 3.95. The van der Waals surface area contributed by atoms with E-state index in [1.165, 1.54) is 16.9 Å². The summed E-state index contributed by atoms with van der Waals surface area (Å²) in [6.07, 6.45) is 6.03. The van der Waals surface area contributed by atoms with Crippen molar-refractivity contribution < 1.29 is 4.79 Å². The van der Waals surface area contributed by atoms with Gasteiger partial charge in [-0.1, -0.05) is 30.3 Å². The molecule has 0 saturated carbocycles. The molecule has 3 heterocycles. The Bertz CT molecular complexity index is 980. The lowest BCUT2D eigenvalue weighted by Crippen LogP contribution is -2.36. The molecule has 1 fully saturated rings. The van der Waals surface area contributed by atoms with Crippen LogP contribution in [0.15, 0.2) is 52.9 Å². The van der Waals surface area contributed by atoms with Crippen LogP contribution in [0.1, 0.15) is 31.2 Å². The molecule has 1 aliphatic rings. The molecule has 6 heteroatoms. The van der Waals surface area contributed by atoms with Crippen LogP contribution in [0, 0.1) is 0 Å². The fraction of sp³-hybridized carbons (Fsp3) is 0.381. The van der Waals surface area contributed by atoms with Crippen molar-refractivity contribution in [2.24, 2.45) is 0 Å². The number of hydrogen-bond donors (Lipinski definition) is 0. The van der Waals surface area contributed by atoms with E-state index in [0.29, 0.717) is 24.4 Å². The highest BCUT2D eigenvalue weighted by Gasteiger charge is 2.28. The molecule has 1 atom stereocenters. The molecule has 0 bridgehead atoms. The summed E-state index contributed by atoms with van der Waals surface area (Å²) in [7, 11) is 0. The molecule has 3 aromatic rings. The van der Waals surface area contributed by atoms with Gasteiger partial charge in [-0.3, -0.25) is 14.2 Å². The molecule has 1 aromatic carbocycles. The monoisotopic (exact) mass is 381 g/mol. The molecular weight excluding hydrogens is 358 g/mol. The number of hydrogen-bond acceptors (Lipinski definition) is 4. The number of rotatable bonds is 6. The van der Waals surface area contributed by atoms with Crippen molar-refractivity contribution in [3.63, 3.8) is 0 Å². The van der Waals surface area contributed by atoms with Crippen LogP contribution >= 0.6 is 11.3 Å². The fourth-order valence-electron chi connectivity index (χ4n) is 3.85. The van der Waals surface area contributed by atoms with Crippen molar-refractivity contribution in [3.05, 3.63) is 64.0 Å². The van der Waals surface area contributed by atoms with E-state index in [2.05, 4.69) is 29.2 Å². The lowest BCUT2D eigenvalue weighted by atomic mass is 10.0. The van der Waals surface area contributed by atoms with Crippen molar-refractivity contribution in [1.82, 2.24) is 14.5 Å². The number of aromatic nitrogens is 2. The minimum Gasteiger partial charge on any atom is -0.340 e. The maximum absolute atomic E-state index is 12.8. The summed E-state index contributed by atoms with van der Waals surface area (Å²) in [6, 6.07) is 12.5. The van der Waals surface area contributed by atoms with E-state index in [-0.39, 0.29) is 11.5 Å². The highest BCUT2D eigenvalue weighted by atomic mass is 32.1. The van der Waals surface area contributed by atoms with Crippen LogP contribution < -0.4 is 5.56 Å². The van der Waals surface area contributed by atoms with Gasteiger partial charge in [-0.05, 0) is 42.7 Å². The van der Waals surface area contributed by atoms with Gasteiger partial charge in [0, 0.05) is 25.6 Å². The topological polar surface area (TPSA) is 55.2 Å². The maximum atomic E-state index is 12.8. The van der Waals surface area contributed by atoms with Gasteiger partial charge in [0.1, 0.15) is 4.83 Å². The van der Waals surface area contributed by atoms with Crippen LogP contribution in [0.5, 0.6) is 0 Å². The van der Waals surface area contributed by atoms with Gasteiger partial charge in [-0.25, -0.2) is 4.98 Å². The molecule has 1 amide bonds. The average Bonchev–Trinajstić information content (AvgIpc) is 3.36. The number of carbonyl (C=O) groups excluding carboxylic acids is 1. The van der Waals surface area contributed by atoms with E-state index in [1.54, 1.807) is 17.0 Å². The Morgan fingerprint density at radius 2 is 2.07 bits per heavy atom. The third-order valence-corrected chi connectivity index (χ3v) is 6.14. The second-order valence-electron chi connectivity index (χ2n) is 7.04. The molecule has 1 unspecified atom stereocenters. The Hall–Kier alpha value is -2.47. The van der Waals surface area contributed by atoms with Crippen molar-refractivity contribution in [3.8, 4) is 0 Å². The standard InChI is InChI=1S/C21H23N3O2S/c25-19(10-13-23-15-22-20-18(21(23)26)11-14-27-20)24-12-4-7-17(24)9-8-16-5-2-1-3-6-16/h1-3,5-6,11,14-15,17H,4,7-10,12-13H2. The van der Waals surface area contributed by atoms with Gasteiger partial charge in [0.2, 0.25) is 5.91 Å². The van der Waals surface area contributed by atoms with Crippen LogP contribution in [-0.2, 0) is 17.8 Å². The SMILES string of the molecule is O=C(CCn1cnc2sccc2c1=O)N1CCCC1CCc1ccccc1. The van der Waals surface area contributed by atoms with Gasteiger partial charge < -0.3 is 4.90 Å². The fourth-order valence-corrected chi connectivity index (χ4v) is 4.58. The van der Waals surface area contributed by atoms with Crippen molar-refractivity contribution in [1.29, 1.82) is 0 Å². The normalized spacial score (nSPS) is 16.9. The van der Waals surface area contributed by atoms with Gasteiger partial charge in [0.25, 0.3) is 5.56 Å². The summed E-state index contributed by atoms with van der Waals surface area (Å²) in [6.45, 7) is 1.22. The second kappa shape index (κ2) is 8.05. The number of aryl methyl sites for hydroxylation is 2. The predicted octanol–water partition coefficient (Wildman–Crippen LogP) is 3.47. The largest absolute Gasteiger partial charge is 0.340 e. The zero-order valence-electron chi connectivity index (χ0n) is 15.2. The number of nitrogens with zero attached hydrogens (tertiary/aromatic N) is 3. The second-order valence-corrected chi connectivity index (χ2v) is 7.93. The molecular formula is C21H23N3O2S. The van der Waals surface area contributed by atoms with Crippen LogP contribution in [0.25, 0.3) is 10.2 Å². The first kappa shape index (κ1) is 17.9. The van der Waals surface area contributed by atoms with E-state index in [0.717, 1.165) is 37.1 Å². The van der Waals surface area contributed by atoms with Gasteiger partial charge >= 0.3 is 0 Å². The minimum atomic E-state index is -0.0592. The average molecular weight is 382 g/mol. The Labute approximate surface area is 162 Å². The van der Waals surface area contributed by atoms with E-state index < -0.39 is 0 Å². The number of likely N-dealkylation sites (tertiary alicyclic amines) is 1. The highest BCUT2D eigenvalue weighted by Crippen LogP contribution is 2.23. The Kier molecular flexibility index (Phi) is 5.34. The van der Waals surface area contributed by atoms with Crippen LogP contribution in [0.2, 0.25) is 0 Å². The lowest BCUT2D eigenvalue weighted by Gasteiger charge is -2.25. The highest BCUT2D eigenvalue weighted by molar-refractivity contribution is 7.16. The Balaban J connectivity index is 1.36. The number of thiophene rings is 1. The minimum absolute atomic E-state index is 0.0592. The summed E-state index contributed by atoms with van der Waals surface area (Å²) >= 11 is 1.46. The molecule has 5 nitrogen and oxygen atoms in total.